The van der Waals surface area contributed by atoms with Crippen molar-refractivity contribution in [3.05, 3.63) is 65.7 Å². The van der Waals surface area contributed by atoms with Gasteiger partial charge in [-0.2, -0.15) is 0 Å². The van der Waals surface area contributed by atoms with E-state index in [4.69, 9.17) is 4.74 Å². The summed E-state index contributed by atoms with van der Waals surface area (Å²) in [5, 5.41) is 0. The summed E-state index contributed by atoms with van der Waals surface area (Å²) in [6.45, 7) is 1.30. The van der Waals surface area contributed by atoms with Gasteiger partial charge in [0.15, 0.2) is 0 Å². The molecule has 2 rings (SSSR count). The molecule has 0 saturated heterocycles. The molecular formula is C17H11O3. The second kappa shape index (κ2) is 6.35. The van der Waals surface area contributed by atoms with E-state index in [0.717, 1.165) is 5.56 Å². The van der Waals surface area contributed by atoms with E-state index in [2.05, 4.69) is 17.9 Å². The van der Waals surface area contributed by atoms with Gasteiger partial charge in [0.2, 0.25) is 5.78 Å². The highest BCUT2D eigenvalue weighted by atomic mass is 16.5. The van der Waals surface area contributed by atoms with Gasteiger partial charge in [-0.15, -0.1) is 0 Å². The normalized spacial score (nSPS) is 9.25. The molecule has 0 heterocycles. The van der Waals surface area contributed by atoms with Crippen LogP contribution in [0.25, 0.3) is 0 Å². The lowest BCUT2D eigenvalue weighted by Crippen LogP contribution is -2.03. The predicted molar refractivity (Wildman–Crippen MR) is 74.2 cm³/mol. The van der Waals surface area contributed by atoms with Gasteiger partial charge in [0, 0.05) is 18.1 Å². The fraction of sp³-hybridized carbons (Fsp3) is 0.0588. The Bertz CT molecular complexity index is 691. The maximum atomic E-state index is 11.9. The van der Waals surface area contributed by atoms with Crippen molar-refractivity contribution in [1.29, 1.82) is 0 Å². The highest BCUT2D eigenvalue weighted by molar-refractivity contribution is 6.09. The van der Waals surface area contributed by atoms with Gasteiger partial charge in [-0.3, -0.25) is 9.59 Å². The van der Waals surface area contributed by atoms with E-state index in [-0.39, 0.29) is 11.5 Å². The van der Waals surface area contributed by atoms with E-state index in [1.165, 1.54) is 25.1 Å². The van der Waals surface area contributed by atoms with Gasteiger partial charge in [0.05, 0.1) is 0 Å². The maximum Gasteiger partial charge on any atom is 0.308 e. The summed E-state index contributed by atoms with van der Waals surface area (Å²) in [6, 6.07) is 16.4. The zero-order valence-corrected chi connectivity index (χ0v) is 10.8. The fourth-order valence-electron chi connectivity index (χ4n) is 1.53. The summed E-state index contributed by atoms with van der Waals surface area (Å²) in [6.07, 6.45) is 0. The number of ketones is 1. The minimum atomic E-state index is -0.446. The van der Waals surface area contributed by atoms with Gasteiger partial charge in [0.1, 0.15) is 5.75 Å². The first-order chi connectivity index (χ1) is 9.65. The number of carbonyl (C=O) groups excluding carboxylic acids is 2. The van der Waals surface area contributed by atoms with Crippen LogP contribution in [0.3, 0.4) is 0 Å². The monoisotopic (exact) mass is 263 g/mol. The third-order valence-corrected chi connectivity index (χ3v) is 2.38. The Kier molecular flexibility index (Phi) is 4.31. The van der Waals surface area contributed by atoms with E-state index in [0.29, 0.717) is 5.56 Å². The van der Waals surface area contributed by atoms with Crippen molar-refractivity contribution in [1.82, 2.24) is 0 Å². The lowest BCUT2D eigenvalue weighted by atomic mass is 10.1. The van der Waals surface area contributed by atoms with E-state index in [1.54, 1.807) is 0 Å². The van der Waals surface area contributed by atoms with Crippen molar-refractivity contribution >= 4 is 11.8 Å². The van der Waals surface area contributed by atoms with Gasteiger partial charge in [0.25, 0.3) is 0 Å². The van der Waals surface area contributed by atoms with Crippen molar-refractivity contribution in [3.8, 4) is 17.6 Å². The van der Waals surface area contributed by atoms with Crippen LogP contribution in [0.1, 0.15) is 22.8 Å². The molecule has 1 radical (unpaired) electrons. The average Bonchev–Trinajstić information content (AvgIpc) is 2.45. The van der Waals surface area contributed by atoms with Crippen LogP contribution in [0, 0.1) is 17.9 Å². The molecule has 0 aliphatic carbocycles. The molecule has 0 bridgehead atoms. The summed E-state index contributed by atoms with van der Waals surface area (Å²) >= 11 is 0. The van der Waals surface area contributed by atoms with Crippen molar-refractivity contribution in [2.45, 2.75) is 6.92 Å². The SMILES string of the molecule is CC(=O)Oc1c[c]cc(C(=O)C#Cc2ccccc2)c1. The Morgan fingerprint density at radius 1 is 1.15 bits per heavy atom. The number of esters is 1. The molecule has 20 heavy (non-hydrogen) atoms. The Morgan fingerprint density at radius 2 is 1.90 bits per heavy atom. The van der Waals surface area contributed by atoms with E-state index >= 15 is 0 Å². The number of hydrogen-bond donors (Lipinski definition) is 0. The number of hydrogen-bond acceptors (Lipinski definition) is 3. The average molecular weight is 263 g/mol. The number of carbonyl (C=O) groups is 2. The molecule has 2 aromatic rings. The highest BCUT2D eigenvalue weighted by Gasteiger charge is 2.05. The highest BCUT2D eigenvalue weighted by Crippen LogP contribution is 2.13. The van der Waals surface area contributed by atoms with Gasteiger partial charge < -0.3 is 4.74 Å². The van der Waals surface area contributed by atoms with Crippen molar-refractivity contribution < 1.29 is 14.3 Å². The molecular weight excluding hydrogens is 252 g/mol. The van der Waals surface area contributed by atoms with Crippen LogP contribution in [0.5, 0.6) is 5.75 Å². The number of rotatable bonds is 2. The summed E-state index contributed by atoms with van der Waals surface area (Å²) < 4.78 is 4.90. The van der Waals surface area contributed by atoms with Crippen LogP contribution in [0.15, 0.2) is 48.5 Å². The van der Waals surface area contributed by atoms with E-state index in [9.17, 15) is 9.59 Å². The number of ether oxygens (including phenoxy) is 1. The largest absolute Gasteiger partial charge is 0.427 e. The van der Waals surface area contributed by atoms with E-state index in [1.807, 2.05) is 30.3 Å². The molecule has 0 amide bonds. The smallest absolute Gasteiger partial charge is 0.308 e. The molecule has 0 fully saturated rings. The molecule has 0 aliphatic rings. The first kappa shape index (κ1) is 13.6. The molecule has 0 aliphatic heterocycles. The third kappa shape index (κ3) is 3.82. The Labute approximate surface area is 117 Å². The van der Waals surface area contributed by atoms with Crippen LogP contribution in [0.4, 0.5) is 0 Å². The van der Waals surface area contributed by atoms with Gasteiger partial charge in [-0.25, -0.2) is 0 Å². The molecule has 3 heteroatoms. The Hall–Kier alpha value is -2.86. The second-order valence-corrected chi connectivity index (χ2v) is 4.00. The Morgan fingerprint density at radius 3 is 2.60 bits per heavy atom. The van der Waals surface area contributed by atoms with Crippen molar-refractivity contribution in [2.24, 2.45) is 0 Å². The molecule has 0 unspecified atom stereocenters. The zero-order chi connectivity index (χ0) is 14.4. The van der Waals surface area contributed by atoms with Crippen LogP contribution in [-0.4, -0.2) is 11.8 Å². The van der Waals surface area contributed by atoms with Crippen molar-refractivity contribution in [2.75, 3.05) is 0 Å². The number of benzene rings is 2. The molecule has 0 aromatic heterocycles. The summed E-state index contributed by atoms with van der Waals surface area (Å²) in [7, 11) is 0. The zero-order valence-electron chi connectivity index (χ0n) is 10.8. The molecule has 97 valence electrons. The third-order valence-electron chi connectivity index (χ3n) is 2.38. The fourth-order valence-corrected chi connectivity index (χ4v) is 1.53. The Balaban J connectivity index is 2.18. The summed E-state index contributed by atoms with van der Waals surface area (Å²) in [4.78, 5) is 22.8. The molecule has 0 atom stereocenters. The summed E-state index contributed by atoms with van der Waals surface area (Å²) in [5.41, 5.74) is 1.10. The molecule has 3 nitrogen and oxygen atoms in total. The quantitative estimate of drug-likeness (QED) is 0.362. The van der Waals surface area contributed by atoms with Gasteiger partial charge in [-0.1, -0.05) is 24.1 Å². The molecule has 0 saturated carbocycles. The minimum Gasteiger partial charge on any atom is -0.427 e. The molecule has 0 N–H and O–H groups in total. The molecule has 0 spiro atoms. The first-order valence-corrected chi connectivity index (χ1v) is 5.96. The van der Waals surface area contributed by atoms with Gasteiger partial charge >= 0.3 is 5.97 Å². The minimum absolute atomic E-state index is 0.282. The van der Waals surface area contributed by atoms with Crippen LogP contribution in [0.2, 0.25) is 0 Å². The van der Waals surface area contributed by atoms with E-state index < -0.39 is 5.97 Å². The standard InChI is InChI=1S/C17H11O3/c1-13(18)20-16-9-5-8-15(12-16)17(19)11-10-14-6-3-2-4-7-14/h2-4,6-9,12H,1H3. The number of Topliss-reactive ketones (excluding diaryl/α,β-unsaturated/α-hetero) is 1. The lowest BCUT2D eigenvalue weighted by molar-refractivity contribution is -0.131. The first-order valence-electron chi connectivity index (χ1n) is 5.96. The topological polar surface area (TPSA) is 43.4 Å². The van der Waals surface area contributed by atoms with Crippen molar-refractivity contribution in [3.63, 3.8) is 0 Å². The summed E-state index contributed by atoms with van der Waals surface area (Å²) in [5.74, 6) is 4.82. The van der Waals surface area contributed by atoms with Crippen LogP contribution in [-0.2, 0) is 4.79 Å². The van der Waals surface area contributed by atoms with Crippen LogP contribution >= 0.6 is 0 Å². The predicted octanol–water partition coefficient (Wildman–Crippen LogP) is 2.65. The second-order valence-electron chi connectivity index (χ2n) is 4.00. The molecule has 2 aromatic carbocycles. The van der Waals surface area contributed by atoms with Crippen LogP contribution < -0.4 is 4.74 Å². The maximum absolute atomic E-state index is 11.9. The van der Waals surface area contributed by atoms with Gasteiger partial charge in [-0.05, 0) is 42.3 Å². The lowest BCUT2D eigenvalue weighted by Gasteiger charge is -2.01.